The molecular formula is C21H24ClN3. The van der Waals surface area contributed by atoms with Gasteiger partial charge in [0.05, 0.1) is 10.5 Å². The highest BCUT2D eigenvalue weighted by Crippen LogP contribution is 2.41. The lowest BCUT2D eigenvalue weighted by atomic mass is 9.93. The van der Waals surface area contributed by atoms with Gasteiger partial charge in [-0.3, -0.25) is 9.88 Å². The summed E-state index contributed by atoms with van der Waals surface area (Å²) in [4.78, 5) is 6.94. The molecule has 2 aromatic heterocycles. The van der Waals surface area contributed by atoms with E-state index < -0.39 is 0 Å². The number of aromatic nitrogens is 2. The van der Waals surface area contributed by atoms with Crippen molar-refractivity contribution in [2.24, 2.45) is 0 Å². The van der Waals surface area contributed by atoms with E-state index >= 15 is 0 Å². The van der Waals surface area contributed by atoms with Gasteiger partial charge in [-0.2, -0.15) is 0 Å². The first-order valence-corrected chi connectivity index (χ1v) is 9.37. The van der Waals surface area contributed by atoms with E-state index in [-0.39, 0.29) is 0 Å². The molecule has 3 nitrogen and oxygen atoms in total. The molecule has 3 aromatic rings. The Bertz CT molecular complexity index is 900. The summed E-state index contributed by atoms with van der Waals surface area (Å²) in [5.41, 5.74) is 5.19. The van der Waals surface area contributed by atoms with E-state index in [1.165, 1.54) is 22.2 Å². The molecule has 0 amide bonds. The molecule has 0 spiro atoms. The van der Waals surface area contributed by atoms with Gasteiger partial charge in [0, 0.05) is 54.4 Å². The molecule has 130 valence electrons. The van der Waals surface area contributed by atoms with Crippen LogP contribution in [0.3, 0.4) is 0 Å². The molecule has 1 aliphatic rings. The Balaban J connectivity index is 1.84. The average Bonchev–Trinajstić information content (AvgIpc) is 2.93. The normalized spacial score (nSPS) is 20.8. The fourth-order valence-electron chi connectivity index (χ4n) is 4.16. The van der Waals surface area contributed by atoms with Crippen LogP contribution in [-0.4, -0.2) is 27.5 Å². The molecule has 3 heterocycles. The first-order valence-electron chi connectivity index (χ1n) is 8.99. The number of fused-ring (bicyclic) bond motifs is 3. The van der Waals surface area contributed by atoms with Crippen molar-refractivity contribution >= 4 is 22.5 Å². The van der Waals surface area contributed by atoms with Gasteiger partial charge < -0.3 is 4.57 Å². The summed E-state index contributed by atoms with van der Waals surface area (Å²) in [6.45, 7) is 5.52. The summed E-state index contributed by atoms with van der Waals surface area (Å²) in [6.07, 6.45) is 3.84. The molecule has 2 unspecified atom stereocenters. The minimum Gasteiger partial charge on any atom is -0.343 e. The van der Waals surface area contributed by atoms with Gasteiger partial charge in [-0.15, -0.1) is 0 Å². The molecule has 0 aliphatic carbocycles. The first-order chi connectivity index (χ1) is 12.1. The number of hydrogen-bond donors (Lipinski definition) is 0. The smallest absolute Gasteiger partial charge is 0.0675 e. The van der Waals surface area contributed by atoms with Gasteiger partial charge in [-0.1, -0.05) is 29.8 Å². The Hall–Kier alpha value is -1.84. The summed E-state index contributed by atoms with van der Waals surface area (Å²) >= 11 is 6.63. The molecule has 25 heavy (non-hydrogen) atoms. The molecule has 1 aromatic carbocycles. The highest BCUT2D eigenvalue weighted by Gasteiger charge is 2.32. The summed E-state index contributed by atoms with van der Waals surface area (Å²) < 4.78 is 2.45. The number of pyridine rings is 1. The lowest BCUT2D eigenvalue weighted by Gasteiger charge is -2.36. The molecule has 2 atom stereocenters. The van der Waals surface area contributed by atoms with Crippen molar-refractivity contribution in [1.29, 1.82) is 0 Å². The molecule has 0 radical (unpaired) electrons. The van der Waals surface area contributed by atoms with E-state index in [4.69, 9.17) is 11.6 Å². The van der Waals surface area contributed by atoms with E-state index in [2.05, 4.69) is 59.6 Å². The predicted molar refractivity (Wildman–Crippen MR) is 104 cm³/mol. The molecule has 4 rings (SSSR count). The molecule has 0 bridgehead atoms. The van der Waals surface area contributed by atoms with Crippen LogP contribution in [0.25, 0.3) is 10.9 Å². The van der Waals surface area contributed by atoms with E-state index in [1.54, 1.807) is 0 Å². The molecule has 0 fully saturated rings. The number of aryl methyl sites for hydroxylation is 2. The molecule has 0 N–H and O–H groups in total. The van der Waals surface area contributed by atoms with E-state index in [0.717, 1.165) is 30.1 Å². The maximum atomic E-state index is 6.63. The maximum Gasteiger partial charge on any atom is 0.0675 e. The number of benzene rings is 1. The topological polar surface area (TPSA) is 21.1 Å². The standard InChI is InChI=1S/C21H24ClN3/c1-14-13-19-20(15(2)24(14)3)17-8-6-9-18(22)21(17)25(19)12-10-16-7-4-5-11-23-16/h4-9,11,14-15H,10,12-13H2,1-3H3. The number of nitrogens with zero attached hydrogens (tertiary/aromatic N) is 3. The number of hydrogen-bond acceptors (Lipinski definition) is 2. The second-order valence-electron chi connectivity index (χ2n) is 7.11. The van der Waals surface area contributed by atoms with Gasteiger partial charge in [0.25, 0.3) is 0 Å². The van der Waals surface area contributed by atoms with Crippen LogP contribution < -0.4 is 0 Å². The highest BCUT2D eigenvalue weighted by molar-refractivity contribution is 6.35. The zero-order valence-electron chi connectivity index (χ0n) is 15.0. The van der Waals surface area contributed by atoms with E-state index in [9.17, 15) is 0 Å². The van der Waals surface area contributed by atoms with Crippen LogP contribution in [0.5, 0.6) is 0 Å². The zero-order chi connectivity index (χ0) is 17.6. The number of halogens is 1. The van der Waals surface area contributed by atoms with Gasteiger partial charge >= 0.3 is 0 Å². The van der Waals surface area contributed by atoms with E-state index in [1.807, 2.05) is 18.3 Å². The van der Waals surface area contributed by atoms with Gasteiger partial charge in [0.1, 0.15) is 0 Å². The lowest BCUT2D eigenvalue weighted by Crippen LogP contribution is -2.38. The lowest BCUT2D eigenvalue weighted by molar-refractivity contribution is 0.177. The molecule has 0 saturated heterocycles. The summed E-state index contributed by atoms with van der Waals surface area (Å²) in [5.74, 6) is 0. The van der Waals surface area contributed by atoms with Gasteiger partial charge in [-0.25, -0.2) is 0 Å². The molecule has 1 aliphatic heterocycles. The van der Waals surface area contributed by atoms with Crippen molar-refractivity contribution in [3.05, 3.63) is 64.6 Å². The number of para-hydroxylation sites is 1. The first kappa shape index (κ1) is 16.6. The second kappa shape index (κ2) is 6.47. The molecular weight excluding hydrogens is 330 g/mol. The van der Waals surface area contributed by atoms with Gasteiger partial charge in [0.2, 0.25) is 0 Å². The van der Waals surface area contributed by atoms with Crippen LogP contribution in [0, 0.1) is 0 Å². The van der Waals surface area contributed by atoms with Crippen molar-refractivity contribution in [1.82, 2.24) is 14.5 Å². The Morgan fingerprint density at radius 2 is 2.00 bits per heavy atom. The summed E-state index contributed by atoms with van der Waals surface area (Å²) in [5, 5.41) is 2.14. The Morgan fingerprint density at radius 3 is 2.76 bits per heavy atom. The number of likely N-dealkylation sites (N-methyl/N-ethyl adjacent to an activating group) is 1. The fourth-order valence-corrected chi connectivity index (χ4v) is 4.43. The van der Waals surface area contributed by atoms with Crippen molar-refractivity contribution < 1.29 is 0 Å². The second-order valence-corrected chi connectivity index (χ2v) is 7.52. The maximum absolute atomic E-state index is 6.63. The predicted octanol–water partition coefficient (Wildman–Crippen LogP) is 4.87. The van der Waals surface area contributed by atoms with Gasteiger partial charge in [0.15, 0.2) is 0 Å². The van der Waals surface area contributed by atoms with Crippen LogP contribution in [0.4, 0.5) is 0 Å². The molecule has 0 saturated carbocycles. The van der Waals surface area contributed by atoms with Crippen molar-refractivity contribution in [2.45, 2.75) is 45.3 Å². The van der Waals surface area contributed by atoms with Crippen molar-refractivity contribution in [3.63, 3.8) is 0 Å². The third kappa shape index (κ3) is 2.76. The number of rotatable bonds is 3. The minimum absolute atomic E-state index is 0.399. The average molecular weight is 354 g/mol. The largest absolute Gasteiger partial charge is 0.343 e. The van der Waals surface area contributed by atoms with Crippen LogP contribution in [0.2, 0.25) is 5.02 Å². The minimum atomic E-state index is 0.399. The van der Waals surface area contributed by atoms with Gasteiger partial charge in [-0.05, 0) is 44.7 Å². The third-order valence-electron chi connectivity index (χ3n) is 5.71. The van der Waals surface area contributed by atoms with Crippen LogP contribution >= 0.6 is 11.6 Å². The Labute approximate surface area is 154 Å². The monoisotopic (exact) mass is 353 g/mol. The third-order valence-corrected chi connectivity index (χ3v) is 6.02. The Kier molecular flexibility index (Phi) is 4.30. The fraction of sp³-hybridized carbons (Fsp3) is 0.381. The SMILES string of the molecule is CC1Cc2c(c3cccc(Cl)c3n2CCc2ccccn2)C(C)N1C. The summed E-state index contributed by atoms with van der Waals surface area (Å²) in [6, 6.07) is 13.3. The van der Waals surface area contributed by atoms with Crippen LogP contribution in [0.15, 0.2) is 42.6 Å². The Morgan fingerprint density at radius 1 is 1.16 bits per heavy atom. The van der Waals surface area contributed by atoms with E-state index in [0.29, 0.717) is 12.1 Å². The molecule has 4 heteroatoms. The van der Waals surface area contributed by atoms with Crippen molar-refractivity contribution in [3.8, 4) is 0 Å². The quantitative estimate of drug-likeness (QED) is 0.669. The summed E-state index contributed by atoms with van der Waals surface area (Å²) in [7, 11) is 2.22. The zero-order valence-corrected chi connectivity index (χ0v) is 15.8. The highest BCUT2D eigenvalue weighted by atomic mass is 35.5. The van der Waals surface area contributed by atoms with Crippen LogP contribution in [0.1, 0.15) is 36.8 Å². The van der Waals surface area contributed by atoms with Crippen LogP contribution in [-0.2, 0) is 19.4 Å². The van der Waals surface area contributed by atoms with Crippen molar-refractivity contribution in [2.75, 3.05) is 7.05 Å².